The first-order valence-corrected chi connectivity index (χ1v) is 6.44. The third kappa shape index (κ3) is 1.79. The Labute approximate surface area is 86.0 Å². The molecule has 1 aliphatic carbocycles. The van der Waals surface area contributed by atoms with E-state index in [-0.39, 0.29) is 5.25 Å². The molecule has 2 rings (SSSR count). The average Bonchev–Trinajstić information content (AvgIpc) is 2.86. The van der Waals surface area contributed by atoms with E-state index in [2.05, 4.69) is 15.9 Å². The fourth-order valence-electron chi connectivity index (χ4n) is 1.21. The fraction of sp³-hybridized carbons (Fsp3) is 0.333. The van der Waals surface area contributed by atoms with Gasteiger partial charge in [-0.05, 0) is 31.0 Å². The molecule has 0 radical (unpaired) electrons. The average molecular weight is 261 g/mol. The van der Waals surface area contributed by atoms with Gasteiger partial charge in [0.1, 0.15) is 0 Å². The van der Waals surface area contributed by atoms with Crippen LogP contribution in [-0.2, 0) is 9.84 Å². The molecule has 1 aromatic carbocycles. The van der Waals surface area contributed by atoms with Crippen molar-refractivity contribution in [2.24, 2.45) is 0 Å². The van der Waals surface area contributed by atoms with Crippen molar-refractivity contribution in [1.82, 2.24) is 0 Å². The Morgan fingerprint density at radius 2 is 2.00 bits per heavy atom. The Morgan fingerprint density at radius 3 is 2.54 bits per heavy atom. The minimum absolute atomic E-state index is 0.123. The van der Waals surface area contributed by atoms with Gasteiger partial charge < -0.3 is 0 Å². The van der Waals surface area contributed by atoms with Crippen LogP contribution in [0.5, 0.6) is 0 Å². The molecule has 1 aliphatic rings. The molecule has 2 nitrogen and oxygen atoms in total. The quantitative estimate of drug-likeness (QED) is 0.819. The molecule has 1 saturated carbocycles. The van der Waals surface area contributed by atoms with E-state index in [1.165, 1.54) is 0 Å². The largest absolute Gasteiger partial charge is 0.223 e. The molecule has 0 unspecified atom stereocenters. The fourth-order valence-corrected chi connectivity index (χ4v) is 3.47. The molecule has 0 aliphatic heterocycles. The summed E-state index contributed by atoms with van der Waals surface area (Å²) in [6.45, 7) is 0. The van der Waals surface area contributed by atoms with E-state index >= 15 is 0 Å². The van der Waals surface area contributed by atoms with Crippen molar-refractivity contribution in [2.45, 2.75) is 23.0 Å². The van der Waals surface area contributed by atoms with Crippen molar-refractivity contribution in [2.75, 3.05) is 0 Å². The normalized spacial score (nSPS) is 17.3. The van der Waals surface area contributed by atoms with Crippen LogP contribution < -0.4 is 0 Å². The van der Waals surface area contributed by atoms with Gasteiger partial charge >= 0.3 is 0 Å². The van der Waals surface area contributed by atoms with Crippen LogP contribution in [0.15, 0.2) is 33.6 Å². The summed E-state index contributed by atoms with van der Waals surface area (Å²) in [5.74, 6) is 0. The van der Waals surface area contributed by atoms with Crippen LogP contribution in [0.1, 0.15) is 12.8 Å². The van der Waals surface area contributed by atoms with Gasteiger partial charge in [0.2, 0.25) is 0 Å². The standard InChI is InChI=1S/C9H9BrO2S/c10-7-2-1-3-9(6-7)13(11,12)8-4-5-8/h1-3,6,8H,4-5H2. The van der Waals surface area contributed by atoms with Crippen LogP contribution >= 0.6 is 15.9 Å². The van der Waals surface area contributed by atoms with Gasteiger partial charge in [-0.2, -0.15) is 0 Å². The van der Waals surface area contributed by atoms with E-state index in [0.29, 0.717) is 4.90 Å². The molecule has 13 heavy (non-hydrogen) atoms. The highest BCUT2D eigenvalue weighted by atomic mass is 79.9. The highest BCUT2D eigenvalue weighted by Crippen LogP contribution is 2.34. The summed E-state index contributed by atoms with van der Waals surface area (Å²) in [7, 11) is -3.02. The Bertz CT molecular complexity index is 421. The van der Waals surface area contributed by atoms with Crippen LogP contribution in [0.25, 0.3) is 0 Å². The Hall–Kier alpha value is -0.350. The highest BCUT2D eigenvalue weighted by Gasteiger charge is 2.36. The molecule has 0 N–H and O–H groups in total. The predicted octanol–water partition coefficient (Wildman–Crippen LogP) is 2.39. The monoisotopic (exact) mass is 260 g/mol. The zero-order chi connectivity index (χ0) is 9.47. The van der Waals surface area contributed by atoms with Crippen LogP contribution in [0.4, 0.5) is 0 Å². The molecule has 4 heteroatoms. The zero-order valence-corrected chi connectivity index (χ0v) is 9.31. The van der Waals surface area contributed by atoms with Gasteiger partial charge in [-0.3, -0.25) is 0 Å². The van der Waals surface area contributed by atoms with E-state index in [1.54, 1.807) is 18.2 Å². The summed E-state index contributed by atoms with van der Waals surface area (Å²) in [5.41, 5.74) is 0. The smallest absolute Gasteiger partial charge is 0.181 e. The molecule has 0 bridgehead atoms. The second-order valence-corrected chi connectivity index (χ2v) is 6.35. The summed E-state index contributed by atoms with van der Waals surface area (Å²) >= 11 is 3.26. The Kier molecular flexibility index (Phi) is 2.20. The molecular formula is C9H9BrO2S. The van der Waals surface area contributed by atoms with Crippen molar-refractivity contribution in [3.8, 4) is 0 Å². The molecule has 0 heterocycles. The zero-order valence-electron chi connectivity index (χ0n) is 6.90. The SMILES string of the molecule is O=S(=O)(c1cccc(Br)c1)C1CC1. The van der Waals surface area contributed by atoms with Crippen molar-refractivity contribution in [3.05, 3.63) is 28.7 Å². The van der Waals surface area contributed by atoms with E-state index in [4.69, 9.17) is 0 Å². The first-order chi connectivity index (χ1) is 6.10. The van der Waals surface area contributed by atoms with Gasteiger partial charge in [0.05, 0.1) is 10.1 Å². The molecule has 0 saturated heterocycles. The van der Waals surface area contributed by atoms with E-state index in [0.717, 1.165) is 17.3 Å². The molecule has 0 aromatic heterocycles. The third-order valence-corrected chi connectivity index (χ3v) is 4.84. The molecule has 70 valence electrons. The number of hydrogen-bond donors (Lipinski definition) is 0. The minimum atomic E-state index is -3.02. The van der Waals surface area contributed by atoms with E-state index in [9.17, 15) is 8.42 Å². The first-order valence-electron chi connectivity index (χ1n) is 4.10. The van der Waals surface area contributed by atoms with Gasteiger partial charge in [0.25, 0.3) is 0 Å². The third-order valence-electron chi connectivity index (χ3n) is 2.09. The lowest BCUT2D eigenvalue weighted by Gasteiger charge is -2.01. The summed E-state index contributed by atoms with van der Waals surface area (Å²) in [6, 6.07) is 6.89. The van der Waals surface area contributed by atoms with Crippen LogP contribution in [-0.4, -0.2) is 13.7 Å². The molecule has 0 amide bonds. The van der Waals surface area contributed by atoms with Crippen LogP contribution in [0, 0.1) is 0 Å². The predicted molar refractivity (Wildman–Crippen MR) is 54.3 cm³/mol. The highest BCUT2D eigenvalue weighted by molar-refractivity contribution is 9.10. The van der Waals surface area contributed by atoms with Crippen LogP contribution in [0.3, 0.4) is 0 Å². The molecular weight excluding hydrogens is 252 g/mol. The van der Waals surface area contributed by atoms with Crippen molar-refractivity contribution in [1.29, 1.82) is 0 Å². The van der Waals surface area contributed by atoms with Gasteiger partial charge in [0, 0.05) is 4.47 Å². The lowest BCUT2D eigenvalue weighted by atomic mass is 10.4. The van der Waals surface area contributed by atoms with Gasteiger partial charge in [0.15, 0.2) is 9.84 Å². The summed E-state index contributed by atoms with van der Waals surface area (Å²) in [6.07, 6.45) is 1.63. The molecule has 0 spiro atoms. The van der Waals surface area contributed by atoms with Crippen molar-refractivity contribution >= 4 is 25.8 Å². The van der Waals surface area contributed by atoms with E-state index < -0.39 is 9.84 Å². The van der Waals surface area contributed by atoms with Crippen LogP contribution in [0.2, 0.25) is 0 Å². The number of sulfone groups is 1. The Morgan fingerprint density at radius 1 is 1.31 bits per heavy atom. The second kappa shape index (κ2) is 3.10. The molecule has 0 atom stereocenters. The maximum atomic E-state index is 11.7. The van der Waals surface area contributed by atoms with Gasteiger partial charge in [-0.15, -0.1) is 0 Å². The molecule has 1 fully saturated rings. The number of rotatable bonds is 2. The first kappa shape index (κ1) is 9.21. The summed E-state index contributed by atoms with van der Waals surface area (Å²) in [4.78, 5) is 0.435. The minimum Gasteiger partial charge on any atom is -0.223 e. The summed E-state index contributed by atoms with van der Waals surface area (Å²) in [5, 5.41) is -0.123. The lowest BCUT2D eigenvalue weighted by molar-refractivity contribution is 0.595. The summed E-state index contributed by atoms with van der Waals surface area (Å²) < 4.78 is 24.3. The molecule has 1 aromatic rings. The topological polar surface area (TPSA) is 34.1 Å². The number of hydrogen-bond acceptors (Lipinski definition) is 2. The van der Waals surface area contributed by atoms with Crippen molar-refractivity contribution < 1.29 is 8.42 Å². The van der Waals surface area contributed by atoms with E-state index in [1.807, 2.05) is 6.07 Å². The Balaban J connectivity index is 2.45. The number of halogens is 1. The number of benzene rings is 1. The van der Waals surface area contributed by atoms with Gasteiger partial charge in [-0.1, -0.05) is 22.0 Å². The maximum absolute atomic E-state index is 11.7. The second-order valence-electron chi connectivity index (χ2n) is 3.20. The lowest BCUT2D eigenvalue weighted by Crippen LogP contribution is -2.06. The van der Waals surface area contributed by atoms with Crippen molar-refractivity contribution in [3.63, 3.8) is 0 Å². The van der Waals surface area contributed by atoms with Gasteiger partial charge in [-0.25, -0.2) is 8.42 Å². The maximum Gasteiger partial charge on any atom is 0.181 e.